The predicted octanol–water partition coefficient (Wildman–Crippen LogP) is 4.14. The second kappa shape index (κ2) is 6.99. The number of benzene rings is 2. The zero-order valence-electron chi connectivity index (χ0n) is 15.9. The first kappa shape index (κ1) is 18.4. The van der Waals surface area contributed by atoms with E-state index < -0.39 is 30.8 Å². The highest BCUT2D eigenvalue weighted by molar-refractivity contribution is 5.95. The van der Waals surface area contributed by atoms with Crippen LogP contribution < -0.4 is 14.8 Å². The molecule has 5 rings (SSSR count). The summed E-state index contributed by atoms with van der Waals surface area (Å²) < 4.78 is 39.2. The normalized spacial score (nSPS) is 22.6. The van der Waals surface area contributed by atoms with E-state index in [1.807, 2.05) is 30.3 Å². The molecule has 1 amide bonds. The zero-order chi connectivity index (χ0) is 20.0. The van der Waals surface area contributed by atoms with Crippen molar-refractivity contribution in [2.45, 2.75) is 43.7 Å². The van der Waals surface area contributed by atoms with Crippen molar-refractivity contribution in [2.75, 3.05) is 18.7 Å². The lowest BCUT2D eigenvalue weighted by Gasteiger charge is -2.23. The van der Waals surface area contributed by atoms with Crippen LogP contribution in [0, 0.1) is 0 Å². The van der Waals surface area contributed by atoms with Gasteiger partial charge in [0.1, 0.15) is 0 Å². The van der Waals surface area contributed by atoms with Crippen LogP contribution in [0.2, 0.25) is 0 Å². The van der Waals surface area contributed by atoms with Crippen LogP contribution in [0.5, 0.6) is 11.5 Å². The van der Waals surface area contributed by atoms with E-state index in [0.717, 1.165) is 5.56 Å². The monoisotopic (exact) mass is 400 g/mol. The molecule has 29 heavy (non-hydrogen) atoms. The Kier molecular flexibility index (Phi) is 4.42. The first-order valence-corrected chi connectivity index (χ1v) is 9.89. The van der Waals surface area contributed by atoms with Gasteiger partial charge < -0.3 is 14.8 Å². The van der Waals surface area contributed by atoms with Crippen LogP contribution in [0.15, 0.2) is 42.5 Å². The Hall–Kier alpha value is -2.67. The smallest absolute Gasteiger partial charge is 0.262 e. The van der Waals surface area contributed by atoms with E-state index in [1.165, 1.54) is 23.3 Å². The summed E-state index contributed by atoms with van der Waals surface area (Å²) in [4.78, 5) is 14.3. The molecule has 1 saturated heterocycles. The Morgan fingerprint density at radius 1 is 1.14 bits per heavy atom. The molecule has 2 aromatic carbocycles. The number of nitrogens with one attached hydrogen (secondary N) is 1. The third-order valence-electron chi connectivity index (χ3n) is 5.75. The van der Waals surface area contributed by atoms with Crippen molar-refractivity contribution in [1.82, 2.24) is 4.90 Å². The summed E-state index contributed by atoms with van der Waals surface area (Å²) in [7, 11) is 0. The van der Waals surface area contributed by atoms with Gasteiger partial charge in [0.25, 0.3) is 5.92 Å². The molecule has 2 fully saturated rings. The number of hydrogen-bond donors (Lipinski definition) is 1. The molecule has 0 unspecified atom stereocenters. The number of rotatable bonds is 5. The molecule has 0 aromatic heterocycles. The van der Waals surface area contributed by atoms with Crippen molar-refractivity contribution >= 4 is 11.6 Å². The van der Waals surface area contributed by atoms with Crippen LogP contribution >= 0.6 is 0 Å². The number of nitrogens with zero attached hydrogens (tertiary/aromatic N) is 1. The molecule has 3 aliphatic rings. The number of ether oxygens (including phenoxy) is 2. The molecule has 0 bridgehead atoms. The first-order chi connectivity index (χ1) is 14.0. The third kappa shape index (κ3) is 3.79. The molecule has 1 atom stereocenters. The third-order valence-corrected chi connectivity index (χ3v) is 5.75. The number of amides is 1. The number of anilines is 1. The van der Waals surface area contributed by atoms with Crippen molar-refractivity contribution in [3.63, 3.8) is 0 Å². The van der Waals surface area contributed by atoms with Crippen LogP contribution in [-0.2, 0) is 11.3 Å². The molecule has 1 N–H and O–H groups in total. The van der Waals surface area contributed by atoms with Gasteiger partial charge in [-0.15, -0.1) is 0 Å². The van der Waals surface area contributed by atoms with E-state index in [4.69, 9.17) is 9.47 Å². The van der Waals surface area contributed by atoms with Crippen molar-refractivity contribution in [2.24, 2.45) is 0 Å². The van der Waals surface area contributed by atoms with Crippen LogP contribution in [-0.4, -0.2) is 36.1 Å². The van der Waals surface area contributed by atoms with E-state index in [2.05, 4.69) is 5.32 Å². The minimum atomic E-state index is -2.91. The van der Waals surface area contributed by atoms with Crippen molar-refractivity contribution in [3.05, 3.63) is 53.6 Å². The summed E-state index contributed by atoms with van der Waals surface area (Å²) in [6, 6.07) is 12.2. The molecule has 0 spiro atoms. The van der Waals surface area contributed by atoms with Gasteiger partial charge in [-0.05, 0) is 42.5 Å². The number of carbonyl (C=O) groups is 1. The van der Waals surface area contributed by atoms with Crippen LogP contribution in [0.1, 0.15) is 36.3 Å². The molecule has 1 aliphatic carbocycles. The Balaban J connectivity index is 1.31. The quantitative estimate of drug-likeness (QED) is 0.820. The van der Waals surface area contributed by atoms with Gasteiger partial charge in [0, 0.05) is 24.2 Å². The Morgan fingerprint density at radius 2 is 1.93 bits per heavy atom. The summed E-state index contributed by atoms with van der Waals surface area (Å²) in [5.41, 5.74) is 2.63. The van der Waals surface area contributed by atoms with Gasteiger partial charge in [-0.2, -0.15) is 0 Å². The van der Waals surface area contributed by atoms with Gasteiger partial charge in [0.05, 0.1) is 12.6 Å². The lowest BCUT2D eigenvalue weighted by molar-refractivity contribution is -0.120. The lowest BCUT2D eigenvalue weighted by Crippen LogP contribution is -2.39. The fraction of sp³-hybridized carbons (Fsp3) is 0.409. The number of halogens is 2. The van der Waals surface area contributed by atoms with E-state index in [1.54, 1.807) is 12.1 Å². The number of carbonyl (C=O) groups excluding carboxylic acids is 1. The fourth-order valence-electron chi connectivity index (χ4n) is 4.12. The second-order valence-corrected chi connectivity index (χ2v) is 8.02. The van der Waals surface area contributed by atoms with Crippen molar-refractivity contribution in [3.8, 4) is 11.5 Å². The topological polar surface area (TPSA) is 50.8 Å². The number of likely N-dealkylation sites (tertiary alicyclic amines) is 1. The number of alkyl halides is 2. The molecular weight excluding hydrogens is 378 g/mol. The SMILES string of the molecule is O=C(Nc1ccc(C2CC2)cc1)[C@H]1CC(F)(F)CN1Cc1cccc2c1OCO2. The molecule has 5 nitrogen and oxygen atoms in total. The molecule has 1 saturated carbocycles. The predicted molar refractivity (Wildman–Crippen MR) is 103 cm³/mol. The zero-order valence-corrected chi connectivity index (χ0v) is 15.9. The van der Waals surface area contributed by atoms with Crippen LogP contribution in [0.3, 0.4) is 0 Å². The summed E-state index contributed by atoms with van der Waals surface area (Å²) >= 11 is 0. The van der Waals surface area contributed by atoms with Gasteiger partial charge in [-0.1, -0.05) is 24.3 Å². The molecular formula is C22H22F2N2O3. The first-order valence-electron chi connectivity index (χ1n) is 9.89. The van der Waals surface area contributed by atoms with Crippen LogP contribution in [0.4, 0.5) is 14.5 Å². The maximum absolute atomic E-state index is 14.2. The minimum Gasteiger partial charge on any atom is -0.454 e. The average Bonchev–Trinajstić information content (AvgIpc) is 3.34. The van der Waals surface area contributed by atoms with Crippen LogP contribution in [0.25, 0.3) is 0 Å². The van der Waals surface area contributed by atoms with Crippen molar-refractivity contribution < 1.29 is 23.0 Å². The van der Waals surface area contributed by atoms with Gasteiger partial charge in [0.15, 0.2) is 11.5 Å². The van der Waals surface area contributed by atoms with E-state index in [9.17, 15) is 13.6 Å². The molecule has 2 heterocycles. The Labute approximate surface area is 167 Å². The molecule has 2 aliphatic heterocycles. The minimum absolute atomic E-state index is 0.114. The molecule has 152 valence electrons. The number of hydrogen-bond acceptors (Lipinski definition) is 4. The van der Waals surface area contributed by atoms with E-state index in [0.29, 0.717) is 23.1 Å². The summed E-state index contributed by atoms with van der Waals surface area (Å²) in [6.45, 7) is -0.152. The van der Waals surface area contributed by atoms with E-state index >= 15 is 0 Å². The second-order valence-electron chi connectivity index (χ2n) is 8.02. The van der Waals surface area contributed by atoms with E-state index in [-0.39, 0.29) is 13.3 Å². The highest BCUT2D eigenvalue weighted by Gasteiger charge is 2.48. The Morgan fingerprint density at radius 3 is 2.69 bits per heavy atom. The summed E-state index contributed by atoms with van der Waals surface area (Å²) in [6.07, 6.45) is 1.91. The highest BCUT2D eigenvalue weighted by Crippen LogP contribution is 2.41. The maximum Gasteiger partial charge on any atom is 0.262 e. The number of para-hydroxylation sites is 1. The highest BCUT2D eigenvalue weighted by atomic mass is 19.3. The fourth-order valence-corrected chi connectivity index (χ4v) is 4.12. The standard InChI is InChI=1S/C22H22F2N2O3/c23-22(24)10-18(21(27)25-17-8-6-15(7-9-17)14-4-5-14)26(12-22)11-16-2-1-3-19-20(16)29-13-28-19/h1-3,6-9,14,18H,4-5,10-13H2,(H,25,27)/t18-/m1/s1. The number of fused-ring (bicyclic) bond motifs is 1. The molecule has 2 aromatic rings. The van der Waals surface area contributed by atoms with Crippen molar-refractivity contribution in [1.29, 1.82) is 0 Å². The van der Waals surface area contributed by atoms with Gasteiger partial charge >= 0.3 is 0 Å². The molecule has 7 heteroatoms. The lowest BCUT2D eigenvalue weighted by atomic mass is 10.1. The van der Waals surface area contributed by atoms with Gasteiger partial charge in [0.2, 0.25) is 12.7 Å². The summed E-state index contributed by atoms with van der Waals surface area (Å²) in [5.74, 6) is -1.52. The summed E-state index contributed by atoms with van der Waals surface area (Å²) in [5, 5.41) is 2.81. The largest absolute Gasteiger partial charge is 0.454 e. The average molecular weight is 400 g/mol. The maximum atomic E-state index is 14.2. The van der Waals surface area contributed by atoms with Gasteiger partial charge in [-0.25, -0.2) is 8.78 Å². The Bertz CT molecular complexity index is 928. The van der Waals surface area contributed by atoms with Gasteiger partial charge in [-0.3, -0.25) is 9.69 Å². The molecule has 0 radical (unpaired) electrons.